The minimum atomic E-state index is -2.05. The first-order chi connectivity index (χ1) is 52.4. The number of rotatable bonds is 16. The summed E-state index contributed by atoms with van der Waals surface area (Å²) in [5.74, 6) is 2.40. The highest BCUT2D eigenvalue weighted by Gasteiger charge is 2.53. The molecule has 0 spiro atoms. The number of nitrogens with one attached hydrogen (secondary N) is 2. The molecule has 24 nitrogen and oxygen atoms in total. The van der Waals surface area contributed by atoms with Crippen molar-refractivity contribution in [3.63, 3.8) is 0 Å². The molecule has 564 valence electrons. The van der Waals surface area contributed by atoms with Crippen LogP contribution in [0.2, 0.25) is 18.1 Å². The third kappa shape index (κ3) is 15.8. The van der Waals surface area contributed by atoms with Gasteiger partial charge in [0, 0.05) is 116 Å². The summed E-state index contributed by atoms with van der Waals surface area (Å²) in [4.78, 5) is 77.8. The Bertz CT molecular complexity index is 5070. The van der Waals surface area contributed by atoms with Crippen molar-refractivity contribution >= 4 is 106 Å². The molecule has 0 bridgehead atoms. The van der Waals surface area contributed by atoms with Crippen molar-refractivity contribution < 1.29 is 47.5 Å². The fourth-order valence-corrected chi connectivity index (χ4v) is 15.5. The first kappa shape index (κ1) is 74.9. The largest absolute Gasteiger partial charge is 0.495 e. The number of morpholine rings is 2. The molecule has 17 rings (SSSR count). The zero-order valence-electron chi connectivity index (χ0n) is 63.2. The van der Waals surface area contributed by atoms with Crippen molar-refractivity contribution in [1.29, 1.82) is 0 Å². The number of benzene rings is 4. The number of hydrogen-bond acceptors (Lipinski definition) is 18. The van der Waals surface area contributed by atoms with Gasteiger partial charge in [0.15, 0.2) is 19.6 Å². The number of aromatic nitrogens is 8. The molecule has 6 aromatic heterocycles. The van der Waals surface area contributed by atoms with Crippen LogP contribution >= 0.6 is 15.9 Å². The lowest BCUT2D eigenvalue weighted by molar-refractivity contribution is 0.00578. The Balaban J connectivity index is 0.000000136. The first-order valence-corrected chi connectivity index (χ1v) is 41.4. The molecule has 0 atom stereocenters. The van der Waals surface area contributed by atoms with Gasteiger partial charge >= 0.3 is 7.12 Å². The SMILES string of the molecule is CC1(C)OB(c2cccc(N3CCc4cc(C5CC5)ccc4C3=O)c2CO[Si](C)(C)C(C)(C)C)OC1(C)C.O=C(c1ccc(Nc2cc(-c3cccc(N4CCc5cc(C6CC6)ccc5C4=O)c3CO)nn3ccnc23)nc1)N1CCOCC1.O=C(c1ccc(Nc2cc(Br)nn3ccnc23)nc1)N1CCOCC1. The minimum Gasteiger partial charge on any atom is -0.412 e. The Hall–Kier alpha value is -9.58. The van der Waals surface area contributed by atoms with Crippen LogP contribution in [0.4, 0.5) is 34.4 Å². The number of fused-ring (bicyclic) bond motifs is 4. The van der Waals surface area contributed by atoms with Crippen LogP contribution in [-0.4, -0.2) is 170 Å². The maximum absolute atomic E-state index is 13.9. The summed E-state index contributed by atoms with van der Waals surface area (Å²) in [5.41, 5.74) is 14.8. The number of halogens is 1. The van der Waals surface area contributed by atoms with E-state index in [1.807, 2.05) is 53.4 Å². The van der Waals surface area contributed by atoms with E-state index in [9.17, 15) is 24.3 Å². The molecular weight excluding hydrogens is 1460 g/mol. The van der Waals surface area contributed by atoms with E-state index in [0.717, 1.165) is 51.9 Å². The van der Waals surface area contributed by atoms with Gasteiger partial charge in [0.1, 0.15) is 16.2 Å². The smallest absolute Gasteiger partial charge is 0.412 e. The number of pyridine rings is 2. The molecule has 27 heteroatoms. The molecule has 109 heavy (non-hydrogen) atoms. The van der Waals surface area contributed by atoms with Gasteiger partial charge in [0.2, 0.25) is 0 Å². The molecule has 5 aliphatic heterocycles. The van der Waals surface area contributed by atoms with Crippen LogP contribution in [0.1, 0.15) is 161 Å². The number of carbonyl (C=O) groups is 4. The number of hydrogen-bond donors (Lipinski definition) is 3. The van der Waals surface area contributed by atoms with Crippen molar-refractivity contribution in [3.8, 4) is 11.3 Å². The van der Waals surface area contributed by atoms with E-state index in [4.69, 9.17) is 28.3 Å². The molecule has 2 saturated carbocycles. The lowest BCUT2D eigenvalue weighted by Crippen LogP contribution is -2.44. The Morgan fingerprint density at radius 3 is 1.57 bits per heavy atom. The summed E-state index contributed by atoms with van der Waals surface area (Å²) < 4.78 is 34.4. The minimum absolute atomic E-state index is 0.0235. The standard InChI is InChI=1S/C35H33N7O4.C31H44BNO4Si.C16H15BrN6O2/c43-21-28-27(2-1-3-31(28)41-12-10-24-18-23(22-4-5-22)6-8-26(24)35(41)45)29-19-30(33-36-11-13-42(33)39-29)38-32-9-7-25(20-37-32)34(44)40-14-16-46-17-15-40;1-29(2,3)38(8,9)35-20-25-26(32-36-30(4,5)31(6,7)37-32)11-10-12-27(25)33-18-17-23-19-22(21-13-14-21)15-16-24(23)28(33)34;17-13-9-12(15-18-3-4-23(15)21-13)20-14-2-1-11(10-19-14)16(24)22-5-7-25-8-6-22/h1-3,6-9,11,13,18-20,22,43H,4-5,10,12,14-17,21H2,(H,37,38);10-12,15-16,19,21H,13-14,17-18,20H2,1-9H3;1-4,9-10H,5-8H2,(H,19,20). The van der Waals surface area contributed by atoms with E-state index in [1.54, 1.807) is 85.2 Å². The van der Waals surface area contributed by atoms with Crippen molar-refractivity contribution in [2.24, 2.45) is 0 Å². The van der Waals surface area contributed by atoms with Crippen LogP contribution in [0, 0.1) is 0 Å². The highest BCUT2D eigenvalue weighted by Crippen LogP contribution is 2.45. The van der Waals surface area contributed by atoms with E-state index in [1.165, 1.54) is 42.4 Å². The van der Waals surface area contributed by atoms with Crippen molar-refractivity contribution in [2.45, 2.75) is 141 Å². The van der Waals surface area contributed by atoms with Gasteiger partial charge in [-0.1, -0.05) is 69.3 Å². The highest BCUT2D eigenvalue weighted by atomic mass is 79.9. The maximum atomic E-state index is 13.9. The number of imidazole rings is 2. The number of aliphatic hydroxyl groups excluding tert-OH is 1. The molecule has 3 N–H and O–H groups in total. The van der Waals surface area contributed by atoms with Crippen LogP contribution in [0.5, 0.6) is 0 Å². The Morgan fingerprint density at radius 2 is 1.09 bits per heavy atom. The molecule has 5 fully saturated rings. The highest BCUT2D eigenvalue weighted by molar-refractivity contribution is 9.10. The summed E-state index contributed by atoms with van der Waals surface area (Å²) in [6.45, 7) is 25.5. The van der Waals surface area contributed by atoms with Crippen LogP contribution in [0.15, 0.2) is 151 Å². The molecule has 4 amide bonds. The van der Waals surface area contributed by atoms with Gasteiger partial charge in [0.05, 0.1) is 84.7 Å². The summed E-state index contributed by atoms with van der Waals surface area (Å²) >= 11 is 3.38. The number of anilines is 6. The molecule has 3 saturated heterocycles. The van der Waals surface area contributed by atoms with Crippen molar-refractivity contribution in [2.75, 3.05) is 86.1 Å². The molecule has 10 aromatic rings. The third-order valence-electron chi connectivity index (χ3n) is 22.6. The van der Waals surface area contributed by atoms with Gasteiger partial charge < -0.3 is 58.5 Å². The summed E-state index contributed by atoms with van der Waals surface area (Å²) in [6.07, 6.45) is 16.6. The van der Waals surface area contributed by atoms with E-state index in [2.05, 4.69) is 150 Å². The molecule has 0 radical (unpaired) electrons. The fourth-order valence-electron chi connectivity index (χ4n) is 14.2. The first-order valence-electron chi connectivity index (χ1n) is 37.7. The van der Waals surface area contributed by atoms with Crippen LogP contribution in [-0.2, 0) is 49.3 Å². The second-order valence-corrected chi connectivity index (χ2v) is 37.0. The molecule has 7 aliphatic rings. The van der Waals surface area contributed by atoms with Gasteiger partial charge in [-0.15, -0.1) is 0 Å². The van der Waals surface area contributed by atoms with Crippen LogP contribution < -0.4 is 25.9 Å². The zero-order chi connectivity index (χ0) is 76.1. The second-order valence-electron chi connectivity index (χ2n) is 31.4. The lowest BCUT2D eigenvalue weighted by Gasteiger charge is -2.37. The van der Waals surface area contributed by atoms with Crippen molar-refractivity contribution in [1.82, 2.24) is 49.0 Å². The summed E-state index contributed by atoms with van der Waals surface area (Å²) in [6, 6.07) is 35.3. The van der Waals surface area contributed by atoms with Gasteiger partial charge in [-0.05, 0) is 194 Å². The van der Waals surface area contributed by atoms with Crippen LogP contribution in [0.25, 0.3) is 22.6 Å². The van der Waals surface area contributed by atoms with E-state index < -0.39 is 26.6 Å². The molecule has 4 aromatic carbocycles. The monoisotopic (exact) mass is 1550 g/mol. The topological polar surface area (TPSA) is 258 Å². The fraction of sp³-hybridized carbons (Fsp3) is 0.390. The average molecular weight is 1550 g/mol. The second kappa shape index (κ2) is 30.7. The molecule has 11 heterocycles. The lowest BCUT2D eigenvalue weighted by atomic mass is 9.75. The Morgan fingerprint density at radius 1 is 0.606 bits per heavy atom. The molecule has 0 unspecified atom stereocenters. The van der Waals surface area contributed by atoms with Gasteiger partial charge in [-0.3, -0.25) is 19.2 Å². The van der Waals surface area contributed by atoms with Gasteiger partial charge in [-0.25, -0.2) is 29.0 Å². The van der Waals surface area contributed by atoms with E-state index in [0.29, 0.717) is 151 Å². The Kier molecular flexibility index (Phi) is 21.1. The molecule has 2 aliphatic carbocycles. The quantitative estimate of drug-likeness (QED) is 0.0760. The number of amides is 4. The average Bonchev–Trinajstić information content (AvgIpc) is 1.27. The third-order valence-corrected chi connectivity index (χ3v) is 27.5. The number of aliphatic hydroxyl groups is 1. The number of nitrogens with zero attached hydrogens (tertiary/aromatic N) is 12. The predicted molar refractivity (Wildman–Crippen MR) is 425 cm³/mol. The number of carbonyl (C=O) groups excluding carboxylic acids is 4. The molecular formula is C82H92BBrN14O10Si. The predicted octanol–water partition coefficient (Wildman–Crippen LogP) is 13.3. The normalized spacial score (nSPS) is 17.7. The van der Waals surface area contributed by atoms with E-state index in [-0.39, 0.29) is 35.3 Å². The van der Waals surface area contributed by atoms with E-state index >= 15 is 0 Å². The Labute approximate surface area is 644 Å². The summed E-state index contributed by atoms with van der Waals surface area (Å²) in [7, 11) is -2.57. The number of ether oxygens (including phenoxy) is 2. The maximum Gasteiger partial charge on any atom is 0.495 e. The summed E-state index contributed by atoms with van der Waals surface area (Å²) in [5, 5.41) is 26.4. The van der Waals surface area contributed by atoms with Crippen molar-refractivity contribution in [3.05, 3.63) is 207 Å². The van der Waals surface area contributed by atoms with Crippen LogP contribution in [0.3, 0.4) is 0 Å². The zero-order valence-corrected chi connectivity index (χ0v) is 65.8. The van der Waals surface area contributed by atoms with Gasteiger partial charge in [0.25, 0.3) is 23.6 Å². The van der Waals surface area contributed by atoms with Gasteiger partial charge in [-0.2, -0.15) is 10.2 Å².